The molecule has 92 valence electrons. The van der Waals surface area contributed by atoms with Gasteiger partial charge in [0.05, 0.1) is 18.0 Å². The predicted octanol–water partition coefficient (Wildman–Crippen LogP) is -1.04. The van der Waals surface area contributed by atoms with Crippen molar-refractivity contribution in [2.24, 2.45) is 11.7 Å². The Morgan fingerprint density at radius 2 is 2.24 bits per heavy atom. The van der Waals surface area contributed by atoms with Crippen LogP contribution >= 0.6 is 0 Å². The molecular formula is C11H16N4O2. The first-order chi connectivity index (χ1) is 8.13. The third-order valence-corrected chi connectivity index (χ3v) is 3.49. The number of hydrogen-bond donors (Lipinski definition) is 2. The van der Waals surface area contributed by atoms with Crippen LogP contribution in [0.3, 0.4) is 0 Å². The van der Waals surface area contributed by atoms with Gasteiger partial charge in [-0.1, -0.05) is 0 Å². The number of nitriles is 1. The molecular weight excluding hydrogens is 220 g/mol. The van der Waals surface area contributed by atoms with E-state index >= 15 is 0 Å². The number of nitrogens with two attached hydrogens (primary N) is 1. The SMILES string of the molecule is N#C[C@@H]1C[C@H](C(N)=O)CN1C(=O)C1CCCN1. The van der Waals surface area contributed by atoms with Crippen molar-refractivity contribution in [1.82, 2.24) is 10.2 Å². The van der Waals surface area contributed by atoms with Gasteiger partial charge >= 0.3 is 0 Å². The van der Waals surface area contributed by atoms with Crippen LogP contribution in [0.25, 0.3) is 0 Å². The largest absolute Gasteiger partial charge is 0.369 e. The molecule has 2 saturated heterocycles. The summed E-state index contributed by atoms with van der Waals surface area (Å²) in [6.45, 7) is 1.12. The maximum absolute atomic E-state index is 12.1. The van der Waals surface area contributed by atoms with Gasteiger partial charge in [0.15, 0.2) is 0 Å². The van der Waals surface area contributed by atoms with Crippen molar-refractivity contribution in [3.8, 4) is 6.07 Å². The number of amides is 2. The highest BCUT2D eigenvalue weighted by Gasteiger charge is 2.40. The van der Waals surface area contributed by atoms with E-state index in [2.05, 4.69) is 11.4 Å². The lowest BCUT2D eigenvalue weighted by molar-refractivity contribution is -0.133. The number of nitrogens with zero attached hydrogens (tertiary/aromatic N) is 2. The Hall–Kier alpha value is -1.61. The Morgan fingerprint density at radius 1 is 1.47 bits per heavy atom. The highest BCUT2D eigenvalue weighted by molar-refractivity contribution is 5.85. The highest BCUT2D eigenvalue weighted by Crippen LogP contribution is 2.24. The summed E-state index contributed by atoms with van der Waals surface area (Å²) in [6, 6.07) is 1.36. The molecule has 0 aromatic heterocycles. The average molecular weight is 236 g/mol. The van der Waals surface area contributed by atoms with E-state index in [9.17, 15) is 9.59 Å². The minimum Gasteiger partial charge on any atom is -0.369 e. The summed E-state index contributed by atoms with van der Waals surface area (Å²) in [6.07, 6.45) is 2.14. The van der Waals surface area contributed by atoms with Gasteiger partial charge in [-0.15, -0.1) is 0 Å². The summed E-state index contributed by atoms with van der Waals surface area (Å²) < 4.78 is 0. The molecule has 0 radical (unpaired) electrons. The molecule has 6 heteroatoms. The fraction of sp³-hybridized carbons (Fsp3) is 0.727. The number of nitrogens with one attached hydrogen (secondary N) is 1. The lowest BCUT2D eigenvalue weighted by Gasteiger charge is -2.23. The van der Waals surface area contributed by atoms with E-state index in [1.165, 1.54) is 4.90 Å². The fourth-order valence-corrected chi connectivity index (χ4v) is 2.50. The van der Waals surface area contributed by atoms with Gasteiger partial charge in [0, 0.05) is 6.54 Å². The second kappa shape index (κ2) is 4.72. The van der Waals surface area contributed by atoms with Crippen molar-refractivity contribution in [2.45, 2.75) is 31.3 Å². The molecule has 2 aliphatic rings. The third kappa shape index (κ3) is 2.24. The number of hydrogen-bond acceptors (Lipinski definition) is 4. The van der Waals surface area contributed by atoms with Gasteiger partial charge < -0.3 is 16.0 Å². The van der Waals surface area contributed by atoms with Crippen LogP contribution < -0.4 is 11.1 Å². The molecule has 0 aliphatic carbocycles. The van der Waals surface area contributed by atoms with Gasteiger partial charge in [-0.25, -0.2) is 0 Å². The zero-order valence-corrected chi connectivity index (χ0v) is 9.56. The molecule has 2 fully saturated rings. The number of rotatable bonds is 2. The molecule has 0 spiro atoms. The van der Waals surface area contributed by atoms with Crippen molar-refractivity contribution in [3.63, 3.8) is 0 Å². The molecule has 17 heavy (non-hydrogen) atoms. The first-order valence-corrected chi connectivity index (χ1v) is 5.86. The second-order valence-corrected chi connectivity index (χ2v) is 4.62. The summed E-state index contributed by atoms with van der Waals surface area (Å²) in [4.78, 5) is 24.8. The Balaban J connectivity index is 2.06. The maximum Gasteiger partial charge on any atom is 0.240 e. The van der Waals surface area contributed by atoms with E-state index in [0.29, 0.717) is 6.42 Å². The van der Waals surface area contributed by atoms with Crippen molar-refractivity contribution in [3.05, 3.63) is 0 Å². The normalized spacial score (nSPS) is 32.4. The number of likely N-dealkylation sites (tertiary alicyclic amines) is 1. The van der Waals surface area contributed by atoms with Crippen LogP contribution in [-0.4, -0.2) is 41.9 Å². The van der Waals surface area contributed by atoms with Crippen LogP contribution in [0, 0.1) is 17.2 Å². The van der Waals surface area contributed by atoms with Crippen LogP contribution in [0.5, 0.6) is 0 Å². The summed E-state index contributed by atoms with van der Waals surface area (Å²) in [7, 11) is 0. The molecule has 1 unspecified atom stereocenters. The minimum absolute atomic E-state index is 0.0715. The van der Waals surface area contributed by atoms with E-state index < -0.39 is 11.9 Å². The zero-order valence-electron chi connectivity index (χ0n) is 9.56. The smallest absolute Gasteiger partial charge is 0.240 e. The molecule has 3 N–H and O–H groups in total. The van der Waals surface area contributed by atoms with Gasteiger partial charge in [-0.3, -0.25) is 9.59 Å². The lowest BCUT2D eigenvalue weighted by Crippen LogP contribution is -2.45. The van der Waals surface area contributed by atoms with E-state index in [0.717, 1.165) is 19.4 Å². The van der Waals surface area contributed by atoms with Crippen LogP contribution in [0.2, 0.25) is 0 Å². The first kappa shape index (κ1) is 11.9. The van der Waals surface area contributed by atoms with Crippen LogP contribution in [-0.2, 0) is 9.59 Å². The number of carbonyl (C=O) groups excluding carboxylic acids is 2. The lowest BCUT2D eigenvalue weighted by atomic mass is 10.1. The molecule has 2 rings (SSSR count). The summed E-state index contributed by atoms with van der Waals surface area (Å²) in [5.74, 6) is -0.886. The summed E-state index contributed by atoms with van der Waals surface area (Å²) in [5.41, 5.74) is 5.23. The van der Waals surface area contributed by atoms with Gasteiger partial charge in [0.25, 0.3) is 0 Å². The Bertz CT molecular complexity index is 370. The highest BCUT2D eigenvalue weighted by atomic mass is 16.2. The second-order valence-electron chi connectivity index (χ2n) is 4.62. The number of carbonyl (C=O) groups is 2. The molecule has 2 aliphatic heterocycles. The van der Waals surface area contributed by atoms with Crippen LogP contribution in [0.15, 0.2) is 0 Å². The molecule has 2 heterocycles. The molecule has 0 saturated carbocycles. The Kier molecular flexibility index (Phi) is 3.29. The molecule has 6 nitrogen and oxygen atoms in total. The quantitative estimate of drug-likeness (QED) is 0.640. The predicted molar refractivity (Wildman–Crippen MR) is 59.4 cm³/mol. The summed E-state index contributed by atoms with van der Waals surface area (Å²) >= 11 is 0. The maximum atomic E-state index is 12.1. The van der Waals surface area contributed by atoms with Crippen molar-refractivity contribution >= 4 is 11.8 Å². The van der Waals surface area contributed by atoms with Crippen molar-refractivity contribution in [1.29, 1.82) is 5.26 Å². The van der Waals surface area contributed by atoms with Crippen LogP contribution in [0.1, 0.15) is 19.3 Å². The van der Waals surface area contributed by atoms with Crippen LogP contribution in [0.4, 0.5) is 0 Å². The molecule has 0 aromatic rings. The summed E-state index contributed by atoms with van der Waals surface area (Å²) in [5, 5.41) is 12.1. The topological polar surface area (TPSA) is 99.2 Å². The van der Waals surface area contributed by atoms with E-state index in [1.807, 2.05) is 0 Å². The molecule has 3 atom stereocenters. The number of primary amides is 1. The van der Waals surface area contributed by atoms with E-state index in [-0.39, 0.29) is 24.4 Å². The van der Waals surface area contributed by atoms with Gasteiger partial charge in [-0.05, 0) is 25.8 Å². The van der Waals surface area contributed by atoms with Crippen molar-refractivity contribution < 1.29 is 9.59 Å². The first-order valence-electron chi connectivity index (χ1n) is 5.86. The monoisotopic (exact) mass is 236 g/mol. The molecule has 2 amide bonds. The zero-order chi connectivity index (χ0) is 12.4. The Morgan fingerprint density at radius 3 is 2.76 bits per heavy atom. The van der Waals surface area contributed by atoms with Gasteiger partial charge in [-0.2, -0.15) is 5.26 Å². The van der Waals surface area contributed by atoms with E-state index in [1.54, 1.807) is 0 Å². The minimum atomic E-state index is -0.512. The van der Waals surface area contributed by atoms with E-state index in [4.69, 9.17) is 11.0 Å². The standard InChI is InChI=1S/C11H16N4O2/c12-5-8-4-7(10(13)16)6-15(8)11(17)9-2-1-3-14-9/h7-9,14H,1-4,6H2,(H2,13,16)/t7-,8-,9?/m0/s1. The molecule has 0 aromatic carbocycles. The fourth-order valence-electron chi connectivity index (χ4n) is 2.50. The molecule has 0 bridgehead atoms. The van der Waals surface area contributed by atoms with Gasteiger partial charge in [0.2, 0.25) is 11.8 Å². The van der Waals surface area contributed by atoms with Crippen molar-refractivity contribution in [2.75, 3.05) is 13.1 Å². The average Bonchev–Trinajstić information content (AvgIpc) is 2.97. The third-order valence-electron chi connectivity index (χ3n) is 3.49. The van der Waals surface area contributed by atoms with Gasteiger partial charge in [0.1, 0.15) is 6.04 Å². The Labute approximate surface area is 99.7 Å².